The number of carbonyl (C=O) groups is 4. The van der Waals surface area contributed by atoms with Crippen LogP contribution in [0.1, 0.15) is 415 Å². The Hall–Kier alpha value is -1.94. The Kier molecular flexibility index (Phi) is 68.7. The number of ether oxygens (including phenoxy) is 4. The molecule has 6 atom stereocenters. The summed E-state index contributed by atoms with van der Waals surface area (Å²) in [6.45, 7) is 14.3. The number of hydrogen-bond acceptors (Lipinski definition) is 15. The minimum Gasteiger partial charge on any atom is -0.462 e. The first-order valence-electron chi connectivity index (χ1n) is 41.7. The number of aliphatic hydroxyl groups is 1. The van der Waals surface area contributed by atoms with E-state index >= 15 is 0 Å². The van der Waals surface area contributed by atoms with Crippen molar-refractivity contribution in [2.24, 2.45) is 23.7 Å². The summed E-state index contributed by atoms with van der Waals surface area (Å²) >= 11 is 0. The van der Waals surface area contributed by atoms with Gasteiger partial charge in [0.05, 0.1) is 26.4 Å². The van der Waals surface area contributed by atoms with Gasteiger partial charge >= 0.3 is 39.5 Å². The van der Waals surface area contributed by atoms with Gasteiger partial charge in [-0.2, -0.15) is 0 Å². The molecule has 0 aliphatic carbocycles. The Morgan fingerprint density at radius 3 is 0.710 bits per heavy atom. The summed E-state index contributed by atoms with van der Waals surface area (Å²) in [5.74, 6) is 1.00. The summed E-state index contributed by atoms with van der Waals surface area (Å²) in [4.78, 5) is 73.0. The highest BCUT2D eigenvalue weighted by atomic mass is 31.2. The van der Waals surface area contributed by atoms with Gasteiger partial charge in [-0.25, -0.2) is 9.13 Å². The van der Waals surface area contributed by atoms with Gasteiger partial charge in [0.2, 0.25) is 0 Å². The molecule has 0 fully saturated rings. The second-order valence-corrected chi connectivity index (χ2v) is 33.7. The molecule has 0 bridgehead atoms. The third-order valence-electron chi connectivity index (χ3n) is 19.2. The van der Waals surface area contributed by atoms with Gasteiger partial charge in [0.1, 0.15) is 19.3 Å². The number of aliphatic hydroxyl groups excluding tert-OH is 1. The van der Waals surface area contributed by atoms with Gasteiger partial charge in [-0.05, 0) is 49.4 Å². The summed E-state index contributed by atoms with van der Waals surface area (Å²) in [5.41, 5.74) is 0. The van der Waals surface area contributed by atoms with Crippen molar-refractivity contribution in [2.75, 3.05) is 39.6 Å². The number of rotatable bonds is 78. The lowest BCUT2D eigenvalue weighted by Gasteiger charge is -2.21. The SMILES string of the molecule is CCC(C)CCCCCCCCCCCCC(=O)O[C@H](COC(=O)CCCCCCCCCC(C)C)COP(=O)(O)OCC(O)COP(=O)(O)OC[C@@H](COC(=O)CCCCCCCCCCCCCCCCCCC(C)C)OC(=O)CCCCCCCCCCCCCCCCC(C)C. The molecule has 0 amide bonds. The number of phosphoric acid groups is 2. The molecule has 0 radical (unpaired) electrons. The molecule has 0 aromatic carbocycles. The summed E-state index contributed by atoms with van der Waals surface area (Å²) in [5, 5.41) is 10.6. The Morgan fingerprint density at radius 1 is 0.280 bits per heavy atom. The molecule has 0 rings (SSSR count). The van der Waals surface area contributed by atoms with Crippen molar-refractivity contribution in [3.8, 4) is 0 Å². The predicted molar refractivity (Wildman–Crippen MR) is 409 cm³/mol. The molecule has 0 saturated carbocycles. The van der Waals surface area contributed by atoms with Crippen LogP contribution >= 0.6 is 15.6 Å². The molecule has 3 N–H and O–H groups in total. The molecule has 0 aliphatic heterocycles. The van der Waals surface area contributed by atoms with Crippen LogP contribution in [0.5, 0.6) is 0 Å². The van der Waals surface area contributed by atoms with Gasteiger partial charge in [-0.15, -0.1) is 0 Å². The zero-order valence-electron chi connectivity index (χ0n) is 65.8. The van der Waals surface area contributed by atoms with Crippen molar-refractivity contribution < 1.29 is 80.2 Å². The maximum atomic E-state index is 13.1. The number of esters is 4. The van der Waals surface area contributed by atoms with Crippen molar-refractivity contribution in [1.29, 1.82) is 0 Å². The third-order valence-corrected chi connectivity index (χ3v) is 21.1. The Balaban J connectivity index is 5.24. The van der Waals surface area contributed by atoms with Crippen LogP contribution in [0.4, 0.5) is 0 Å². The van der Waals surface area contributed by atoms with Crippen LogP contribution in [-0.2, 0) is 65.4 Å². The first kappa shape index (κ1) is 98.1. The molecule has 0 aromatic rings. The molecular weight excluding hydrogens is 1310 g/mol. The van der Waals surface area contributed by atoms with Crippen molar-refractivity contribution in [2.45, 2.75) is 433 Å². The number of phosphoric ester groups is 2. The topological polar surface area (TPSA) is 237 Å². The van der Waals surface area contributed by atoms with Gasteiger partial charge in [0.15, 0.2) is 12.2 Å². The molecule has 17 nitrogen and oxygen atoms in total. The monoisotopic (exact) mass is 1470 g/mol. The summed E-state index contributed by atoms with van der Waals surface area (Å²) in [7, 11) is -9.92. The van der Waals surface area contributed by atoms with Gasteiger partial charge in [0.25, 0.3) is 0 Å². The average molecular weight is 1470 g/mol. The van der Waals surface area contributed by atoms with E-state index in [0.717, 1.165) is 114 Å². The first-order chi connectivity index (χ1) is 48.1. The van der Waals surface area contributed by atoms with Crippen LogP contribution in [0.25, 0.3) is 0 Å². The van der Waals surface area contributed by atoms with Crippen molar-refractivity contribution in [3.05, 3.63) is 0 Å². The lowest BCUT2D eigenvalue weighted by molar-refractivity contribution is -0.161. The van der Waals surface area contributed by atoms with Crippen molar-refractivity contribution in [3.63, 3.8) is 0 Å². The minimum atomic E-state index is -4.96. The fourth-order valence-corrected chi connectivity index (χ4v) is 14.0. The normalized spacial score (nSPS) is 14.3. The van der Waals surface area contributed by atoms with E-state index in [2.05, 4.69) is 55.4 Å². The highest BCUT2D eigenvalue weighted by Crippen LogP contribution is 2.45. The van der Waals surface area contributed by atoms with Crippen LogP contribution in [0.15, 0.2) is 0 Å². The number of unbranched alkanes of at least 4 members (excludes halogenated alkanes) is 43. The number of carbonyl (C=O) groups excluding carboxylic acids is 4. The van der Waals surface area contributed by atoms with Crippen LogP contribution in [-0.4, -0.2) is 96.7 Å². The smallest absolute Gasteiger partial charge is 0.462 e. The van der Waals surface area contributed by atoms with E-state index in [-0.39, 0.29) is 25.7 Å². The Labute approximate surface area is 613 Å². The third kappa shape index (κ3) is 73.0. The summed E-state index contributed by atoms with van der Waals surface area (Å²) < 4.78 is 68.7. The average Bonchev–Trinajstić information content (AvgIpc) is 0.917. The Bertz CT molecular complexity index is 1960. The van der Waals surface area contributed by atoms with Crippen LogP contribution < -0.4 is 0 Å². The molecule has 0 spiro atoms. The largest absolute Gasteiger partial charge is 0.472 e. The molecule has 0 aromatic heterocycles. The first-order valence-corrected chi connectivity index (χ1v) is 44.7. The molecule has 0 heterocycles. The predicted octanol–water partition coefficient (Wildman–Crippen LogP) is 24.0. The zero-order chi connectivity index (χ0) is 73.8. The zero-order valence-corrected chi connectivity index (χ0v) is 67.6. The van der Waals surface area contributed by atoms with Gasteiger partial charge < -0.3 is 33.8 Å². The molecule has 0 saturated heterocycles. The molecule has 100 heavy (non-hydrogen) atoms. The fraction of sp³-hybridized carbons (Fsp3) is 0.951. The molecule has 594 valence electrons. The fourth-order valence-electron chi connectivity index (χ4n) is 12.4. The maximum absolute atomic E-state index is 13.1. The maximum Gasteiger partial charge on any atom is 0.472 e. The molecule has 4 unspecified atom stereocenters. The highest BCUT2D eigenvalue weighted by Gasteiger charge is 2.30. The molecular formula is C81H158O17P2. The molecule has 19 heteroatoms. The van der Waals surface area contributed by atoms with Crippen LogP contribution in [0.2, 0.25) is 0 Å². The lowest BCUT2D eigenvalue weighted by atomic mass is 9.99. The standard InChI is InChI=1S/C81H158O17P2/c1-9-74(8)60-52-44-36-28-24-25-31-39-48-56-64-81(86)98-77(68-92-79(84)62-54-46-40-32-35-43-51-59-73(6)7)70-96-100(89,90)94-66-75(82)65-93-99(87,88)95-69-76(97-80(85)63-55-47-38-30-23-19-15-14-17-21-27-34-42-50-58-72(4)5)67-91-78(83)61-53-45-37-29-22-18-13-11-10-12-16-20-26-33-41-49-57-71(2)3/h71-77,82H,9-70H2,1-8H3,(H,87,88)(H,89,90)/t74?,75?,76-,77-/m1/s1. The lowest BCUT2D eigenvalue weighted by Crippen LogP contribution is -2.30. The highest BCUT2D eigenvalue weighted by molar-refractivity contribution is 7.47. The summed E-state index contributed by atoms with van der Waals surface area (Å²) in [6, 6.07) is 0. The number of hydrogen-bond donors (Lipinski definition) is 3. The quantitative estimate of drug-likeness (QED) is 0.0222. The second-order valence-electron chi connectivity index (χ2n) is 30.8. The van der Waals surface area contributed by atoms with Crippen molar-refractivity contribution in [1.82, 2.24) is 0 Å². The minimum absolute atomic E-state index is 0.105. The van der Waals surface area contributed by atoms with Gasteiger partial charge in [-0.3, -0.25) is 37.3 Å². The van der Waals surface area contributed by atoms with E-state index in [9.17, 15) is 43.2 Å². The van der Waals surface area contributed by atoms with E-state index in [1.165, 1.54) is 212 Å². The summed E-state index contributed by atoms with van der Waals surface area (Å²) in [6.07, 6.45) is 56.9. The van der Waals surface area contributed by atoms with E-state index < -0.39 is 97.5 Å². The van der Waals surface area contributed by atoms with Gasteiger partial charge in [-0.1, -0.05) is 364 Å². The Morgan fingerprint density at radius 2 is 0.480 bits per heavy atom. The van der Waals surface area contributed by atoms with E-state index in [1.807, 2.05) is 0 Å². The van der Waals surface area contributed by atoms with Crippen molar-refractivity contribution >= 4 is 39.5 Å². The van der Waals surface area contributed by atoms with E-state index in [4.69, 9.17) is 37.0 Å². The van der Waals surface area contributed by atoms with Crippen LogP contribution in [0, 0.1) is 23.7 Å². The molecule has 0 aliphatic rings. The van der Waals surface area contributed by atoms with E-state index in [0.29, 0.717) is 31.6 Å². The van der Waals surface area contributed by atoms with Crippen LogP contribution in [0.3, 0.4) is 0 Å². The van der Waals surface area contributed by atoms with Gasteiger partial charge in [0, 0.05) is 25.7 Å². The van der Waals surface area contributed by atoms with E-state index in [1.54, 1.807) is 0 Å². The second kappa shape index (κ2) is 70.1.